The van der Waals surface area contributed by atoms with Crippen LogP contribution >= 0.6 is 27.3 Å². The molecule has 0 aliphatic carbocycles. The molecule has 1 aromatic carbocycles. The van der Waals surface area contributed by atoms with Crippen LogP contribution in [0.25, 0.3) is 0 Å². The summed E-state index contributed by atoms with van der Waals surface area (Å²) in [5.74, 6) is 0.227. The first-order valence-corrected chi connectivity index (χ1v) is 7.61. The number of rotatable bonds is 5. The lowest BCUT2D eigenvalue weighted by molar-refractivity contribution is 0.224. The van der Waals surface area contributed by atoms with Crippen molar-refractivity contribution < 1.29 is 5.11 Å². The molecule has 2 rings (SSSR count). The van der Waals surface area contributed by atoms with E-state index in [9.17, 15) is 5.11 Å². The predicted octanol–water partition coefficient (Wildman–Crippen LogP) is 3.61. The summed E-state index contributed by atoms with van der Waals surface area (Å²) in [5, 5.41) is 12.7. The molecule has 0 radical (unpaired) electrons. The van der Waals surface area contributed by atoms with Gasteiger partial charge in [0, 0.05) is 16.5 Å². The smallest absolute Gasteiger partial charge is 0.0897 e. The molecular weight excluding hydrogens is 310 g/mol. The Balaban J connectivity index is 2.04. The molecule has 0 bridgehead atoms. The summed E-state index contributed by atoms with van der Waals surface area (Å²) < 4.78 is 1.11. The third kappa shape index (κ3) is 3.64. The zero-order valence-electron chi connectivity index (χ0n) is 10.3. The van der Waals surface area contributed by atoms with Gasteiger partial charge in [-0.05, 0) is 37.3 Å². The Morgan fingerprint density at radius 2 is 2.11 bits per heavy atom. The van der Waals surface area contributed by atoms with Crippen molar-refractivity contribution >= 4 is 27.3 Å². The third-order valence-corrected chi connectivity index (χ3v) is 4.48. The van der Waals surface area contributed by atoms with Gasteiger partial charge in [0.05, 0.1) is 10.7 Å². The molecule has 96 valence electrons. The first-order chi connectivity index (χ1) is 8.69. The minimum atomic E-state index is 0.192. The van der Waals surface area contributed by atoms with Crippen LogP contribution in [0.5, 0.6) is 0 Å². The quantitative estimate of drug-likeness (QED) is 0.910. The summed E-state index contributed by atoms with van der Waals surface area (Å²) in [6.07, 6.45) is 1.71. The fourth-order valence-corrected chi connectivity index (χ4v) is 3.05. The molecule has 1 aromatic heterocycles. The molecule has 18 heavy (non-hydrogen) atoms. The van der Waals surface area contributed by atoms with Gasteiger partial charge in [-0.25, -0.2) is 4.98 Å². The van der Waals surface area contributed by atoms with Crippen LogP contribution in [-0.4, -0.2) is 16.7 Å². The van der Waals surface area contributed by atoms with Gasteiger partial charge in [0.25, 0.3) is 0 Å². The van der Waals surface area contributed by atoms with Crippen molar-refractivity contribution in [3.05, 3.63) is 50.4 Å². The van der Waals surface area contributed by atoms with Crippen molar-refractivity contribution in [2.75, 3.05) is 6.61 Å². The van der Waals surface area contributed by atoms with Gasteiger partial charge in [-0.3, -0.25) is 0 Å². The molecule has 0 spiro atoms. The van der Waals surface area contributed by atoms with E-state index >= 15 is 0 Å². The molecule has 1 unspecified atom stereocenters. The van der Waals surface area contributed by atoms with Crippen molar-refractivity contribution in [2.24, 2.45) is 5.92 Å². The van der Waals surface area contributed by atoms with Crippen LogP contribution in [0.2, 0.25) is 0 Å². The predicted molar refractivity (Wildman–Crippen MR) is 79.0 cm³/mol. The average molecular weight is 326 g/mol. The molecule has 0 fully saturated rings. The lowest BCUT2D eigenvalue weighted by Gasteiger charge is -2.13. The maximum absolute atomic E-state index is 9.51. The summed E-state index contributed by atoms with van der Waals surface area (Å²) >= 11 is 5.21. The number of benzene rings is 1. The molecule has 0 amide bonds. The number of aryl methyl sites for hydroxylation is 1. The number of hydrogen-bond acceptors (Lipinski definition) is 3. The van der Waals surface area contributed by atoms with Crippen molar-refractivity contribution in [2.45, 2.75) is 19.8 Å². The number of hydrogen-bond donors (Lipinski definition) is 1. The lowest BCUT2D eigenvalue weighted by atomic mass is 9.96. The summed E-state index contributed by atoms with van der Waals surface area (Å²) in [4.78, 5) is 4.46. The van der Waals surface area contributed by atoms with Crippen molar-refractivity contribution in [1.29, 1.82) is 0 Å². The van der Waals surface area contributed by atoms with Crippen LogP contribution in [0.3, 0.4) is 0 Å². The molecule has 0 aliphatic heterocycles. The van der Waals surface area contributed by atoms with Crippen molar-refractivity contribution in [3.63, 3.8) is 0 Å². The van der Waals surface area contributed by atoms with E-state index in [4.69, 9.17) is 0 Å². The Kier molecular flexibility index (Phi) is 4.92. The molecule has 2 aromatic rings. The standard InChI is InChI=1S/C14H16BrNOS/c1-10-16-13(9-18-10)7-11(8-17)6-12-4-2-3-5-14(12)15/h2-5,9,11,17H,6-8H2,1H3. The summed E-state index contributed by atoms with van der Waals surface area (Å²) in [6.45, 7) is 2.20. The second-order valence-electron chi connectivity index (χ2n) is 4.41. The SMILES string of the molecule is Cc1nc(CC(CO)Cc2ccccc2Br)cs1. The Morgan fingerprint density at radius 1 is 1.33 bits per heavy atom. The highest BCUT2D eigenvalue weighted by molar-refractivity contribution is 9.10. The second kappa shape index (κ2) is 6.45. The van der Waals surface area contributed by atoms with Gasteiger partial charge in [0.15, 0.2) is 0 Å². The van der Waals surface area contributed by atoms with Gasteiger partial charge >= 0.3 is 0 Å². The largest absolute Gasteiger partial charge is 0.396 e. The normalized spacial score (nSPS) is 12.6. The molecule has 0 saturated carbocycles. The summed E-state index contributed by atoms with van der Waals surface area (Å²) in [5.41, 5.74) is 2.33. The third-order valence-electron chi connectivity index (χ3n) is 2.89. The van der Waals surface area contributed by atoms with Crippen LogP contribution in [0, 0.1) is 12.8 Å². The van der Waals surface area contributed by atoms with E-state index in [0.717, 1.165) is 28.0 Å². The highest BCUT2D eigenvalue weighted by Crippen LogP contribution is 2.22. The van der Waals surface area contributed by atoms with E-state index in [0.29, 0.717) is 0 Å². The molecular formula is C14H16BrNOS. The number of thiazole rings is 1. The Bertz CT molecular complexity index is 512. The number of aliphatic hydroxyl groups is 1. The maximum Gasteiger partial charge on any atom is 0.0897 e. The number of aliphatic hydroxyl groups excluding tert-OH is 1. The Labute approximate surface area is 120 Å². The van der Waals surface area contributed by atoms with Crippen LogP contribution < -0.4 is 0 Å². The van der Waals surface area contributed by atoms with Gasteiger partial charge in [0.1, 0.15) is 0 Å². The Morgan fingerprint density at radius 3 is 2.72 bits per heavy atom. The first kappa shape index (κ1) is 13.7. The van der Waals surface area contributed by atoms with E-state index in [2.05, 4.69) is 32.4 Å². The van der Waals surface area contributed by atoms with E-state index < -0.39 is 0 Å². The zero-order valence-corrected chi connectivity index (χ0v) is 12.7. The topological polar surface area (TPSA) is 33.1 Å². The molecule has 1 heterocycles. The van der Waals surface area contributed by atoms with E-state index in [1.165, 1.54) is 5.56 Å². The van der Waals surface area contributed by atoms with Crippen LogP contribution in [0.1, 0.15) is 16.3 Å². The van der Waals surface area contributed by atoms with Crippen molar-refractivity contribution in [1.82, 2.24) is 4.98 Å². The zero-order chi connectivity index (χ0) is 13.0. The van der Waals surface area contributed by atoms with Gasteiger partial charge in [-0.1, -0.05) is 34.1 Å². The van der Waals surface area contributed by atoms with Gasteiger partial charge in [-0.15, -0.1) is 11.3 Å². The van der Waals surface area contributed by atoms with Crippen molar-refractivity contribution in [3.8, 4) is 0 Å². The van der Waals surface area contributed by atoms with Gasteiger partial charge in [0.2, 0.25) is 0 Å². The minimum Gasteiger partial charge on any atom is -0.396 e. The fourth-order valence-electron chi connectivity index (χ4n) is 1.97. The fraction of sp³-hybridized carbons (Fsp3) is 0.357. The molecule has 4 heteroatoms. The van der Waals surface area contributed by atoms with Crippen LogP contribution in [0.15, 0.2) is 34.1 Å². The molecule has 0 saturated heterocycles. The minimum absolute atomic E-state index is 0.192. The van der Waals surface area contributed by atoms with Gasteiger partial charge < -0.3 is 5.11 Å². The number of nitrogens with zero attached hydrogens (tertiary/aromatic N) is 1. The second-order valence-corrected chi connectivity index (χ2v) is 6.32. The number of halogens is 1. The van der Waals surface area contributed by atoms with E-state index in [1.54, 1.807) is 11.3 Å². The first-order valence-electron chi connectivity index (χ1n) is 5.94. The molecule has 1 N–H and O–H groups in total. The Hall–Kier alpha value is -0.710. The highest BCUT2D eigenvalue weighted by Gasteiger charge is 2.13. The van der Waals surface area contributed by atoms with Crippen LogP contribution in [-0.2, 0) is 12.8 Å². The monoisotopic (exact) mass is 325 g/mol. The highest BCUT2D eigenvalue weighted by atomic mass is 79.9. The summed E-state index contributed by atoms with van der Waals surface area (Å²) in [6, 6.07) is 8.17. The average Bonchev–Trinajstić information content (AvgIpc) is 2.76. The van der Waals surface area contributed by atoms with E-state index in [-0.39, 0.29) is 12.5 Å². The molecule has 1 atom stereocenters. The lowest BCUT2D eigenvalue weighted by Crippen LogP contribution is -2.13. The number of aromatic nitrogens is 1. The van der Waals surface area contributed by atoms with Gasteiger partial charge in [-0.2, -0.15) is 0 Å². The molecule has 2 nitrogen and oxygen atoms in total. The maximum atomic E-state index is 9.51. The molecule has 0 aliphatic rings. The summed E-state index contributed by atoms with van der Waals surface area (Å²) in [7, 11) is 0. The van der Waals surface area contributed by atoms with E-state index in [1.807, 2.05) is 25.1 Å². The van der Waals surface area contributed by atoms with Crippen LogP contribution in [0.4, 0.5) is 0 Å².